The van der Waals surface area contributed by atoms with Crippen molar-refractivity contribution in [2.45, 2.75) is 88.4 Å². The van der Waals surface area contributed by atoms with Crippen LogP contribution in [-0.2, 0) is 19.1 Å². The molecular weight excluding hydrogens is 392 g/mol. The molecule has 2 fully saturated rings. The Bertz CT molecular complexity index is 546. The summed E-state index contributed by atoms with van der Waals surface area (Å²) in [6.07, 6.45) is 5.75. The highest BCUT2D eigenvalue weighted by Crippen LogP contribution is 2.20. The van der Waals surface area contributed by atoms with Crippen molar-refractivity contribution in [1.29, 1.82) is 0 Å². The van der Waals surface area contributed by atoms with Gasteiger partial charge in [0.2, 0.25) is 11.8 Å². The summed E-state index contributed by atoms with van der Waals surface area (Å²) >= 11 is 0. The Kier molecular flexibility index (Phi) is 9.69. The first-order valence-corrected chi connectivity index (χ1v) is 10.7. The third-order valence-electron chi connectivity index (χ3n) is 5.78. The minimum Gasteiger partial charge on any atom is -0.453 e. The van der Waals surface area contributed by atoms with Crippen molar-refractivity contribution in [1.82, 2.24) is 21.3 Å². The van der Waals surface area contributed by atoms with Crippen LogP contribution in [0.5, 0.6) is 0 Å². The molecule has 0 aromatic carbocycles. The third-order valence-corrected chi connectivity index (χ3v) is 5.78. The van der Waals surface area contributed by atoms with Crippen molar-refractivity contribution in [2.24, 2.45) is 0 Å². The molecule has 2 saturated carbocycles. The lowest BCUT2D eigenvalue weighted by Crippen LogP contribution is -2.45. The zero-order valence-corrected chi connectivity index (χ0v) is 17.8. The van der Waals surface area contributed by atoms with Crippen LogP contribution in [0.4, 0.5) is 9.59 Å². The first kappa shape index (κ1) is 23.8. The fourth-order valence-electron chi connectivity index (χ4n) is 4.04. The molecule has 4 N–H and O–H groups in total. The first-order chi connectivity index (χ1) is 14.4. The van der Waals surface area contributed by atoms with E-state index in [-0.39, 0.29) is 48.8 Å². The van der Waals surface area contributed by atoms with Gasteiger partial charge in [0, 0.05) is 37.0 Å². The van der Waals surface area contributed by atoms with Gasteiger partial charge in [0.15, 0.2) is 0 Å². The van der Waals surface area contributed by atoms with Crippen LogP contribution in [0.3, 0.4) is 0 Å². The van der Waals surface area contributed by atoms with Crippen LogP contribution < -0.4 is 21.3 Å². The van der Waals surface area contributed by atoms with Gasteiger partial charge in [-0.3, -0.25) is 9.59 Å². The molecule has 170 valence electrons. The zero-order valence-electron chi connectivity index (χ0n) is 17.8. The number of ether oxygens (including phenoxy) is 2. The second-order valence-corrected chi connectivity index (χ2v) is 8.00. The molecule has 0 heterocycles. The maximum Gasteiger partial charge on any atom is 0.407 e. The highest BCUT2D eigenvalue weighted by molar-refractivity contribution is 5.84. The molecule has 0 aromatic rings. The number of amides is 4. The summed E-state index contributed by atoms with van der Waals surface area (Å²) in [6, 6.07) is 0.311. The molecule has 10 nitrogen and oxygen atoms in total. The lowest BCUT2D eigenvalue weighted by atomic mass is 9.91. The Morgan fingerprint density at radius 3 is 1.10 bits per heavy atom. The fraction of sp³-hybridized carbons (Fsp3) is 0.800. The molecule has 0 unspecified atom stereocenters. The number of hydrogen-bond acceptors (Lipinski definition) is 6. The van der Waals surface area contributed by atoms with Gasteiger partial charge in [-0.1, -0.05) is 0 Å². The van der Waals surface area contributed by atoms with E-state index in [1.165, 1.54) is 14.2 Å². The Balaban J connectivity index is 1.56. The maximum atomic E-state index is 12.2. The quantitative estimate of drug-likeness (QED) is 0.485. The number of nitrogens with one attached hydrogen (secondary N) is 4. The average molecular weight is 427 g/mol. The summed E-state index contributed by atoms with van der Waals surface area (Å²) in [7, 11) is 2.68. The molecule has 0 saturated heterocycles. The normalized spacial score (nSPS) is 26.1. The van der Waals surface area contributed by atoms with E-state index in [0.29, 0.717) is 0 Å². The topological polar surface area (TPSA) is 135 Å². The standard InChI is InChI=1S/C20H34N4O6/c1-29-19(27)23-15-7-3-13(4-8-15)21-17(25)11-12-18(26)22-14-5-9-16(10-6-14)24-20(28)30-2/h13-16H,3-12H2,1-2H3,(H,21,25)(H,22,26)(H,23,27)(H,24,28). The van der Waals surface area contributed by atoms with Crippen LogP contribution in [0, 0.1) is 0 Å². The molecule has 0 aromatic heterocycles. The van der Waals surface area contributed by atoms with Crippen LogP contribution in [-0.4, -0.2) is 62.4 Å². The van der Waals surface area contributed by atoms with Crippen molar-refractivity contribution in [3.63, 3.8) is 0 Å². The van der Waals surface area contributed by atoms with Gasteiger partial charge in [-0.2, -0.15) is 0 Å². The number of hydrogen-bond donors (Lipinski definition) is 4. The van der Waals surface area contributed by atoms with Crippen LogP contribution in [0.1, 0.15) is 64.2 Å². The van der Waals surface area contributed by atoms with E-state index < -0.39 is 12.2 Å². The molecule has 2 aliphatic rings. The molecule has 4 amide bonds. The SMILES string of the molecule is COC(=O)NC1CCC(NC(=O)CCC(=O)NC2CCC(NC(=O)OC)CC2)CC1. The van der Waals surface area contributed by atoms with E-state index in [4.69, 9.17) is 0 Å². The lowest BCUT2D eigenvalue weighted by Gasteiger charge is -2.29. The number of carbonyl (C=O) groups is 4. The minimum absolute atomic E-state index is 0.0776. The Labute approximate surface area is 177 Å². The van der Waals surface area contributed by atoms with Crippen molar-refractivity contribution < 1.29 is 28.7 Å². The van der Waals surface area contributed by atoms with Gasteiger partial charge in [-0.15, -0.1) is 0 Å². The smallest absolute Gasteiger partial charge is 0.407 e. The van der Waals surface area contributed by atoms with Crippen LogP contribution >= 0.6 is 0 Å². The molecule has 2 rings (SSSR count). The Morgan fingerprint density at radius 1 is 0.567 bits per heavy atom. The molecule has 0 atom stereocenters. The second kappa shape index (κ2) is 12.2. The van der Waals surface area contributed by atoms with Gasteiger partial charge in [0.25, 0.3) is 0 Å². The third kappa shape index (κ3) is 8.46. The Morgan fingerprint density at radius 2 is 0.833 bits per heavy atom. The monoisotopic (exact) mass is 426 g/mol. The van der Waals surface area contributed by atoms with Gasteiger partial charge in [0.05, 0.1) is 14.2 Å². The van der Waals surface area contributed by atoms with Crippen LogP contribution in [0.2, 0.25) is 0 Å². The summed E-state index contributed by atoms with van der Waals surface area (Å²) in [5, 5.41) is 11.5. The van der Waals surface area contributed by atoms with Gasteiger partial charge in [-0.25, -0.2) is 9.59 Å². The number of carbonyl (C=O) groups excluding carboxylic acids is 4. The molecule has 0 bridgehead atoms. The zero-order chi connectivity index (χ0) is 21.9. The van der Waals surface area contributed by atoms with Gasteiger partial charge >= 0.3 is 12.2 Å². The van der Waals surface area contributed by atoms with E-state index in [2.05, 4.69) is 30.7 Å². The lowest BCUT2D eigenvalue weighted by molar-refractivity contribution is -0.127. The molecule has 0 radical (unpaired) electrons. The maximum absolute atomic E-state index is 12.2. The molecular formula is C20H34N4O6. The molecule has 2 aliphatic carbocycles. The number of alkyl carbamates (subject to hydrolysis) is 2. The second-order valence-electron chi connectivity index (χ2n) is 8.00. The highest BCUT2D eigenvalue weighted by Gasteiger charge is 2.25. The average Bonchev–Trinajstić information content (AvgIpc) is 2.75. The van der Waals surface area contributed by atoms with E-state index in [9.17, 15) is 19.2 Å². The number of rotatable bonds is 7. The van der Waals surface area contributed by atoms with Gasteiger partial charge < -0.3 is 30.7 Å². The summed E-state index contributed by atoms with van der Waals surface area (Å²) in [5.74, 6) is -0.249. The van der Waals surface area contributed by atoms with E-state index in [1.54, 1.807) is 0 Å². The fourth-order valence-corrected chi connectivity index (χ4v) is 4.04. The Hall–Kier alpha value is -2.52. The predicted molar refractivity (Wildman–Crippen MR) is 109 cm³/mol. The summed E-state index contributed by atoms with van der Waals surface area (Å²) < 4.78 is 9.20. The summed E-state index contributed by atoms with van der Waals surface area (Å²) in [5.41, 5.74) is 0. The van der Waals surface area contributed by atoms with E-state index in [0.717, 1.165) is 51.4 Å². The molecule has 10 heteroatoms. The van der Waals surface area contributed by atoms with Crippen molar-refractivity contribution in [3.05, 3.63) is 0 Å². The van der Waals surface area contributed by atoms with Gasteiger partial charge in [-0.05, 0) is 51.4 Å². The minimum atomic E-state index is -0.429. The molecule has 0 aliphatic heterocycles. The van der Waals surface area contributed by atoms with Crippen LogP contribution in [0.25, 0.3) is 0 Å². The van der Waals surface area contributed by atoms with Crippen molar-refractivity contribution >= 4 is 24.0 Å². The summed E-state index contributed by atoms with van der Waals surface area (Å²) in [6.45, 7) is 0. The van der Waals surface area contributed by atoms with E-state index in [1.807, 2.05) is 0 Å². The first-order valence-electron chi connectivity index (χ1n) is 10.7. The predicted octanol–water partition coefficient (Wildman–Crippen LogP) is 1.33. The highest BCUT2D eigenvalue weighted by atomic mass is 16.5. The van der Waals surface area contributed by atoms with Crippen molar-refractivity contribution in [2.75, 3.05) is 14.2 Å². The molecule has 30 heavy (non-hydrogen) atoms. The van der Waals surface area contributed by atoms with Gasteiger partial charge in [0.1, 0.15) is 0 Å². The van der Waals surface area contributed by atoms with E-state index >= 15 is 0 Å². The summed E-state index contributed by atoms with van der Waals surface area (Å²) in [4.78, 5) is 46.8. The number of methoxy groups -OCH3 is 2. The molecule has 0 spiro atoms. The van der Waals surface area contributed by atoms with Crippen LogP contribution in [0.15, 0.2) is 0 Å². The van der Waals surface area contributed by atoms with Crippen molar-refractivity contribution in [3.8, 4) is 0 Å². The largest absolute Gasteiger partial charge is 0.453 e.